The van der Waals surface area contributed by atoms with Gasteiger partial charge >= 0.3 is 18.1 Å². The van der Waals surface area contributed by atoms with Crippen molar-refractivity contribution in [2.45, 2.75) is 68.9 Å². The van der Waals surface area contributed by atoms with Crippen LogP contribution in [0.3, 0.4) is 0 Å². The number of carbonyl (C=O) groups excluding carboxylic acids is 1. The lowest BCUT2D eigenvalue weighted by atomic mass is 9.93. The summed E-state index contributed by atoms with van der Waals surface area (Å²) in [4.78, 5) is 26.9. The number of anilines is 1. The fourth-order valence-electron chi connectivity index (χ4n) is 9.07. The third-order valence-electron chi connectivity index (χ3n) is 11.9. The van der Waals surface area contributed by atoms with E-state index < -0.39 is 35.8 Å². The molecule has 1 N–H and O–H groups in total. The van der Waals surface area contributed by atoms with Crippen molar-refractivity contribution < 1.29 is 41.3 Å². The minimum Gasteiger partial charge on any atom is -0.508 e. The van der Waals surface area contributed by atoms with Crippen molar-refractivity contribution in [1.82, 2.24) is 19.8 Å². The van der Waals surface area contributed by atoms with Gasteiger partial charge in [0.05, 0.1) is 37.5 Å². The molecule has 9 nitrogen and oxygen atoms in total. The van der Waals surface area contributed by atoms with Gasteiger partial charge in [0.15, 0.2) is 5.82 Å². The molecule has 5 aliphatic rings. The van der Waals surface area contributed by atoms with E-state index >= 15 is 4.39 Å². The molecule has 1 amide bonds. The van der Waals surface area contributed by atoms with Crippen molar-refractivity contribution in [2.24, 2.45) is 5.41 Å². The highest BCUT2D eigenvalue weighted by molar-refractivity contribution is 6.04. The van der Waals surface area contributed by atoms with Gasteiger partial charge in [0.1, 0.15) is 22.9 Å². The highest BCUT2D eigenvalue weighted by Crippen LogP contribution is 2.49. The van der Waals surface area contributed by atoms with E-state index in [0.717, 1.165) is 37.1 Å². The number of phenolic OH excluding ortho intramolecular Hbond substituents is 1. The molecule has 276 valence electrons. The number of rotatable bonds is 7. The van der Waals surface area contributed by atoms with Crippen molar-refractivity contribution in [3.05, 3.63) is 53.6 Å². The van der Waals surface area contributed by atoms with E-state index in [4.69, 9.17) is 20.9 Å². The monoisotopic (exact) mass is 733 g/mol. The van der Waals surface area contributed by atoms with Crippen molar-refractivity contribution in [3.8, 4) is 35.2 Å². The summed E-state index contributed by atoms with van der Waals surface area (Å²) in [6, 6.07) is 7.67. The molecule has 3 aromatic carbocycles. The van der Waals surface area contributed by atoms with Gasteiger partial charge in [0.2, 0.25) is 0 Å². The predicted molar refractivity (Wildman–Crippen MR) is 185 cm³/mol. The van der Waals surface area contributed by atoms with Crippen LogP contribution in [-0.2, 0) is 9.53 Å². The van der Waals surface area contributed by atoms with Crippen LogP contribution in [-0.4, -0.2) is 101 Å². The zero-order valence-corrected chi connectivity index (χ0v) is 28.6. The van der Waals surface area contributed by atoms with Crippen LogP contribution in [0, 0.1) is 29.4 Å². The van der Waals surface area contributed by atoms with Gasteiger partial charge in [-0.05, 0) is 73.7 Å². The number of fused-ring (bicyclic) bond motifs is 6. The standard InChI is InChI=1S/C39H36F5N5O4/c1-2-27-31(40)10-3-21-13-26(50)14-30(32(21)27)28-8-9-29-34(33(28)41)45-37(53-20-38(11-12-38)19-48-24-6-7-25(48)18-52-17-24)46-35(29)47-15-22-4-5-23(16-47)49(22)36(51)39(42,43)44/h1,3,8-10,13-14,22-25,50H,4-7,11-12,15-20H2. The number of nitrogens with zero attached hydrogens (tertiary/aromatic N) is 5. The normalized spacial score (nSPS) is 24.9. The molecule has 5 fully saturated rings. The minimum absolute atomic E-state index is 0.00165. The van der Waals surface area contributed by atoms with E-state index in [-0.39, 0.29) is 75.7 Å². The highest BCUT2D eigenvalue weighted by Gasteiger charge is 2.52. The Balaban J connectivity index is 1.12. The Kier molecular flexibility index (Phi) is 7.98. The SMILES string of the molecule is C#Cc1c(F)ccc2cc(O)cc(-c3ccc4c(N5CC6CCC(C5)N6C(=O)C(F)(F)F)nc(OCC5(CN6C7CCC6COC7)CC5)nc4c3F)c12. The van der Waals surface area contributed by atoms with Gasteiger partial charge in [-0.25, -0.2) is 8.78 Å². The summed E-state index contributed by atoms with van der Waals surface area (Å²) < 4.78 is 84.7. The maximum atomic E-state index is 17.0. The molecule has 4 aliphatic heterocycles. The molecule has 0 radical (unpaired) electrons. The maximum absolute atomic E-state index is 17.0. The maximum Gasteiger partial charge on any atom is 0.471 e. The van der Waals surface area contributed by atoms with Gasteiger partial charge in [-0.1, -0.05) is 18.1 Å². The average molecular weight is 734 g/mol. The number of alkyl halides is 3. The number of aromatic nitrogens is 2. The molecule has 14 heteroatoms. The molecule has 4 aromatic rings. The second-order valence-corrected chi connectivity index (χ2v) is 15.2. The van der Waals surface area contributed by atoms with E-state index in [1.165, 1.54) is 30.3 Å². The number of morpholine rings is 1. The summed E-state index contributed by atoms with van der Waals surface area (Å²) >= 11 is 0. The van der Waals surface area contributed by atoms with Crippen LogP contribution >= 0.6 is 0 Å². The highest BCUT2D eigenvalue weighted by atomic mass is 19.4. The summed E-state index contributed by atoms with van der Waals surface area (Å²) in [6.07, 6.45) is 5.55. The van der Waals surface area contributed by atoms with Gasteiger partial charge in [0.25, 0.3) is 0 Å². The van der Waals surface area contributed by atoms with Crippen LogP contribution in [0.2, 0.25) is 0 Å². The fourth-order valence-corrected chi connectivity index (χ4v) is 9.07. The molecule has 4 unspecified atom stereocenters. The number of hydrogen-bond donors (Lipinski definition) is 1. The van der Waals surface area contributed by atoms with Crippen molar-refractivity contribution in [3.63, 3.8) is 0 Å². The summed E-state index contributed by atoms with van der Waals surface area (Å²) in [5.74, 6) is -0.881. The van der Waals surface area contributed by atoms with Crippen LogP contribution in [0.4, 0.5) is 27.8 Å². The molecule has 53 heavy (non-hydrogen) atoms. The number of hydrogen-bond acceptors (Lipinski definition) is 8. The third-order valence-corrected chi connectivity index (χ3v) is 11.9. The summed E-state index contributed by atoms with van der Waals surface area (Å²) in [5, 5.41) is 11.5. The van der Waals surface area contributed by atoms with Gasteiger partial charge in [-0.15, -0.1) is 6.42 Å². The minimum atomic E-state index is -5.00. The lowest BCUT2D eigenvalue weighted by Gasteiger charge is -2.42. The van der Waals surface area contributed by atoms with Crippen molar-refractivity contribution in [1.29, 1.82) is 0 Å². The quantitative estimate of drug-likeness (QED) is 0.178. The topological polar surface area (TPSA) is 91.3 Å². The zero-order valence-electron chi connectivity index (χ0n) is 28.6. The Morgan fingerprint density at radius 2 is 1.68 bits per heavy atom. The van der Waals surface area contributed by atoms with E-state index in [9.17, 15) is 27.5 Å². The lowest BCUT2D eigenvalue weighted by Crippen LogP contribution is -2.59. The van der Waals surface area contributed by atoms with Crippen LogP contribution in [0.5, 0.6) is 11.8 Å². The molecular formula is C39H36F5N5O4. The summed E-state index contributed by atoms with van der Waals surface area (Å²) in [6.45, 7) is 2.65. The summed E-state index contributed by atoms with van der Waals surface area (Å²) in [7, 11) is 0. The van der Waals surface area contributed by atoms with Gasteiger partial charge in [0, 0.05) is 53.5 Å². The van der Waals surface area contributed by atoms with Gasteiger partial charge < -0.3 is 24.4 Å². The zero-order chi connectivity index (χ0) is 36.8. The molecule has 4 atom stereocenters. The molecule has 4 bridgehead atoms. The number of amides is 1. The average Bonchev–Trinajstić information content (AvgIpc) is 3.81. The Bertz CT molecular complexity index is 2170. The third kappa shape index (κ3) is 5.79. The predicted octanol–water partition coefficient (Wildman–Crippen LogP) is 6.18. The number of terminal acetylenes is 1. The Hall–Kier alpha value is -4.74. The van der Waals surface area contributed by atoms with E-state index in [2.05, 4.69) is 15.8 Å². The van der Waals surface area contributed by atoms with E-state index in [1.54, 1.807) is 11.0 Å². The second-order valence-electron chi connectivity index (χ2n) is 15.2. The van der Waals surface area contributed by atoms with E-state index in [1.807, 2.05) is 0 Å². The second kappa shape index (κ2) is 12.4. The number of halogens is 5. The lowest BCUT2D eigenvalue weighted by molar-refractivity contribution is -0.188. The number of benzene rings is 3. The smallest absolute Gasteiger partial charge is 0.471 e. The van der Waals surface area contributed by atoms with Gasteiger partial charge in [-0.3, -0.25) is 9.69 Å². The first-order valence-corrected chi connectivity index (χ1v) is 18.0. The number of piperazine rings is 1. The first-order valence-electron chi connectivity index (χ1n) is 18.0. The number of aromatic hydroxyl groups is 1. The molecule has 1 aliphatic carbocycles. The molecule has 4 saturated heterocycles. The fraction of sp³-hybridized carbons (Fsp3) is 0.462. The Morgan fingerprint density at radius 1 is 0.981 bits per heavy atom. The van der Waals surface area contributed by atoms with Crippen LogP contribution < -0.4 is 9.64 Å². The number of ether oxygens (including phenoxy) is 2. The first kappa shape index (κ1) is 34.1. The molecule has 9 rings (SSSR count). The summed E-state index contributed by atoms with van der Waals surface area (Å²) in [5.41, 5.74) is -0.179. The van der Waals surface area contributed by atoms with E-state index in [0.29, 0.717) is 43.5 Å². The van der Waals surface area contributed by atoms with Crippen LogP contribution in [0.25, 0.3) is 32.8 Å². The van der Waals surface area contributed by atoms with Crippen LogP contribution in [0.15, 0.2) is 36.4 Å². The Labute approximate surface area is 301 Å². The van der Waals surface area contributed by atoms with Crippen LogP contribution in [0.1, 0.15) is 44.1 Å². The number of phenols is 1. The number of carbonyl (C=O) groups is 1. The molecular weight excluding hydrogens is 697 g/mol. The first-order chi connectivity index (χ1) is 25.4. The molecule has 1 aromatic heterocycles. The Morgan fingerprint density at radius 3 is 2.34 bits per heavy atom. The van der Waals surface area contributed by atoms with Crippen molar-refractivity contribution in [2.75, 3.05) is 44.4 Å². The molecule has 5 heterocycles. The van der Waals surface area contributed by atoms with Gasteiger partial charge in [-0.2, -0.15) is 23.1 Å². The molecule has 0 spiro atoms. The molecule has 1 saturated carbocycles. The largest absolute Gasteiger partial charge is 0.508 e. The van der Waals surface area contributed by atoms with Crippen molar-refractivity contribution >= 4 is 33.4 Å².